The molecule has 0 aliphatic heterocycles. The number of nitrogens with one attached hydrogen (secondary N) is 2. The number of carbonyl (C=O) groups excluding carboxylic acids is 2. The van der Waals surface area contributed by atoms with E-state index in [1.807, 2.05) is 54.6 Å². The van der Waals surface area contributed by atoms with Crippen LogP contribution in [0, 0.1) is 0 Å². The molecule has 2 amide bonds. The zero-order valence-electron chi connectivity index (χ0n) is 16.8. The maximum absolute atomic E-state index is 12.0. The van der Waals surface area contributed by atoms with Crippen LogP contribution in [0.5, 0.6) is 11.5 Å². The maximum Gasteiger partial charge on any atom is 0.329 e. The van der Waals surface area contributed by atoms with Crippen LogP contribution in [0.1, 0.15) is 11.1 Å². The Hall–Kier alpha value is -3.87. The predicted molar refractivity (Wildman–Crippen MR) is 116 cm³/mol. The van der Waals surface area contributed by atoms with E-state index >= 15 is 0 Å². The summed E-state index contributed by atoms with van der Waals surface area (Å²) in [6, 6.07) is 19.2. The number of methoxy groups -OCH3 is 2. The Kier molecular flexibility index (Phi) is 7.00. The summed E-state index contributed by atoms with van der Waals surface area (Å²) < 4.78 is 10.5. The standard InChI is InChI=1S/C23H23N3O4/c1-29-20-11-10-16(14-21(20)30-2)12-13-24-22(27)23(28)26-25-15-18-8-5-7-17-6-3-4-9-19(17)18/h3-11,14-15H,12-13H2,1-2H3,(H,24,27)(H,26,28)/b25-15+. The summed E-state index contributed by atoms with van der Waals surface area (Å²) in [6.07, 6.45) is 2.07. The Bertz CT molecular complexity index is 1070. The van der Waals surface area contributed by atoms with Gasteiger partial charge in [0.15, 0.2) is 11.5 Å². The molecule has 0 saturated heterocycles. The lowest BCUT2D eigenvalue weighted by Crippen LogP contribution is -2.38. The third kappa shape index (κ3) is 5.14. The Morgan fingerprint density at radius 3 is 2.50 bits per heavy atom. The van der Waals surface area contributed by atoms with E-state index in [0.717, 1.165) is 21.9 Å². The summed E-state index contributed by atoms with van der Waals surface area (Å²) >= 11 is 0. The van der Waals surface area contributed by atoms with Crippen LogP contribution in [-0.4, -0.2) is 38.8 Å². The SMILES string of the molecule is COc1ccc(CCNC(=O)C(=O)N/N=C/c2cccc3ccccc23)cc1OC. The van der Waals surface area contributed by atoms with Gasteiger partial charge in [0.05, 0.1) is 20.4 Å². The van der Waals surface area contributed by atoms with Crippen molar-refractivity contribution < 1.29 is 19.1 Å². The van der Waals surface area contributed by atoms with Crippen LogP contribution in [0.2, 0.25) is 0 Å². The Balaban J connectivity index is 1.50. The lowest BCUT2D eigenvalue weighted by atomic mass is 10.1. The summed E-state index contributed by atoms with van der Waals surface area (Å²) in [7, 11) is 3.13. The molecular weight excluding hydrogens is 382 g/mol. The molecule has 0 aliphatic carbocycles. The molecule has 0 bridgehead atoms. The van der Waals surface area contributed by atoms with Crippen LogP contribution in [0.25, 0.3) is 10.8 Å². The molecule has 0 radical (unpaired) electrons. The number of rotatable bonds is 7. The van der Waals surface area contributed by atoms with Crippen molar-refractivity contribution >= 4 is 28.8 Å². The van der Waals surface area contributed by atoms with Gasteiger partial charge in [-0.1, -0.05) is 48.5 Å². The minimum atomic E-state index is -0.821. The molecular formula is C23H23N3O4. The fourth-order valence-corrected chi connectivity index (χ4v) is 3.01. The monoisotopic (exact) mass is 405 g/mol. The lowest BCUT2D eigenvalue weighted by molar-refractivity contribution is -0.139. The van der Waals surface area contributed by atoms with Crippen molar-refractivity contribution in [3.63, 3.8) is 0 Å². The lowest BCUT2D eigenvalue weighted by Gasteiger charge is -2.10. The molecule has 0 spiro atoms. The summed E-state index contributed by atoms with van der Waals surface area (Å²) in [5, 5.41) is 8.56. The third-order valence-corrected chi connectivity index (χ3v) is 4.55. The third-order valence-electron chi connectivity index (χ3n) is 4.55. The minimum absolute atomic E-state index is 0.300. The van der Waals surface area contributed by atoms with Gasteiger partial charge < -0.3 is 14.8 Å². The largest absolute Gasteiger partial charge is 0.493 e. The highest BCUT2D eigenvalue weighted by atomic mass is 16.5. The first kappa shape index (κ1) is 20.9. The predicted octanol–water partition coefficient (Wildman–Crippen LogP) is 2.67. The van der Waals surface area contributed by atoms with E-state index in [1.54, 1.807) is 20.3 Å². The summed E-state index contributed by atoms with van der Waals surface area (Å²) in [5.41, 5.74) is 4.06. The molecule has 7 nitrogen and oxygen atoms in total. The van der Waals surface area contributed by atoms with Crippen LogP contribution >= 0.6 is 0 Å². The second kappa shape index (κ2) is 10.1. The molecule has 0 atom stereocenters. The topological polar surface area (TPSA) is 89.0 Å². The zero-order chi connectivity index (χ0) is 21.3. The highest BCUT2D eigenvalue weighted by Crippen LogP contribution is 2.27. The number of hydrazone groups is 1. The molecule has 0 fully saturated rings. The van der Waals surface area contributed by atoms with Crippen molar-refractivity contribution in [2.24, 2.45) is 5.10 Å². The van der Waals surface area contributed by atoms with Gasteiger partial charge in [0.1, 0.15) is 0 Å². The minimum Gasteiger partial charge on any atom is -0.493 e. The molecule has 2 N–H and O–H groups in total. The molecule has 0 saturated carbocycles. The van der Waals surface area contributed by atoms with Gasteiger partial charge in [0, 0.05) is 12.1 Å². The number of nitrogens with zero attached hydrogens (tertiary/aromatic N) is 1. The van der Waals surface area contributed by atoms with Gasteiger partial charge in [-0.3, -0.25) is 9.59 Å². The van der Waals surface area contributed by atoms with Crippen molar-refractivity contribution in [1.29, 1.82) is 0 Å². The van der Waals surface area contributed by atoms with Crippen LogP contribution in [0.15, 0.2) is 65.8 Å². The fourth-order valence-electron chi connectivity index (χ4n) is 3.01. The van der Waals surface area contributed by atoms with Gasteiger partial charge in [0.25, 0.3) is 0 Å². The molecule has 0 unspecified atom stereocenters. The highest BCUT2D eigenvalue weighted by molar-refractivity contribution is 6.35. The number of hydrogen-bond donors (Lipinski definition) is 2. The summed E-state index contributed by atoms with van der Waals surface area (Å²) in [4.78, 5) is 23.9. The average Bonchev–Trinajstić information content (AvgIpc) is 2.78. The first-order valence-corrected chi connectivity index (χ1v) is 9.42. The van der Waals surface area contributed by atoms with E-state index in [2.05, 4.69) is 15.8 Å². The first-order valence-electron chi connectivity index (χ1n) is 9.42. The van der Waals surface area contributed by atoms with Crippen LogP contribution in [0.4, 0.5) is 0 Å². The molecule has 0 aliphatic rings. The second-order valence-electron chi connectivity index (χ2n) is 6.46. The molecule has 0 aromatic heterocycles. The van der Waals surface area contributed by atoms with Gasteiger partial charge in [-0.2, -0.15) is 5.10 Å². The molecule has 3 rings (SSSR count). The van der Waals surface area contributed by atoms with E-state index < -0.39 is 11.8 Å². The maximum atomic E-state index is 12.0. The van der Waals surface area contributed by atoms with E-state index in [-0.39, 0.29) is 0 Å². The Labute approximate surface area is 174 Å². The number of amides is 2. The second-order valence-corrected chi connectivity index (χ2v) is 6.46. The van der Waals surface area contributed by atoms with Gasteiger partial charge in [-0.15, -0.1) is 0 Å². The van der Waals surface area contributed by atoms with Crippen molar-refractivity contribution in [3.05, 3.63) is 71.8 Å². The highest BCUT2D eigenvalue weighted by Gasteiger charge is 2.12. The first-order chi connectivity index (χ1) is 14.6. The van der Waals surface area contributed by atoms with Gasteiger partial charge in [0.2, 0.25) is 0 Å². The van der Waals surface area contributed by atoms with Crippen LogP contribution in [0.3, 0.4) is 0 Å². The molecule has 3 aromatic rings. The van der Waals surface area contributed by atoms with Gasteiger partial charge in [-0.25, -0.2) is 5.43 Å². The molecule has 154 valence electrons. The Morgan fingerprint density at radius 1 is 0.933 bits per heavy atom. The van der Waals surface area contributed by atoms with E-state index in [9.17, 15) is 9.59 Å². The molecule has 3 aromatic carbocycles. The summed E-state index contributed by atoms with van der Waals surface area (Å²) in [5.74, 6) is -0.320. The quantitative estimate of drug-likeness (QED) is 0.359. The number of fused-ring (bicyclic) bond motifs is 1. The van der Waals surface area contributed by atoms with E-state index in [1.165, 1.54) is 6.21 Å². The van der Waals surface area contributed by atoms with Crippen LogP contribution < -0.4 is 20.2 Å². The van der Waals surface area contributed by atoms with Gasteiger partial charge >= 0.3 is 11.8 Å². The molecule has 7 heteroatoms. The average molecular weight is 405 g/mol. The van der Waals surface area contributed by atoms with E-state index in [0.29, 0.717) is 24.5 Å². The van der Waals surface area contributed by atoms with Crippen molar-refractivity contribution in [2.75, 3.05) is 20.8 Å². The molecule has 30 heavy (non-hydrogen) atoms. The summed E-state index contributed by atoms with van der Waals surface area (Å²) in [6.45, 7) is 0.300. The number of benzene rings is 3. The van der Waals surface area contributed by atoms with Crippen molar-refractivity contribution in [2.45, 2.75) is 6.42 Å². The zero-order valence-corrected chi connectivity index (χ0v) is 16.8. The normalized spacial score (nSPS) is 10.7. The van der Waals surface area contributed by atoms with Crippen molar-refractivity contribution in [3.8, 4) is 11.5 Å². The number of hydrogen-bond acceptors (Lipinski definition) is 5. The molecule has 0 heterocycles. The Morgan fingerprint density at radius 2 is 1.70 bits per heavy atom. The van der Waals surface area contributed by atoms with Crippen molar-refractivity contribution in [1.82, 2.24) is 10.7 Å². The number of ether oxygens (including phenoxy) is 2. The van der Waals surface area contributed by atoms with Crippen LogP contribution in [-0.2, 0) is 16.0 Å². The fraction of sp³-hybridized carbons (Fsp3) is 0.174. The van der Waals surface area contributed by atoms with E-state index in [4.69, 9.17) is 9.47 Å². The smallest absolute Gasteiger partial charge is 0.329 e. The van der Waals surface area contributed by atoms with Gasteiger partial charge in [-0.05, 0) is 34.9 Å². The number of carbonyl (C=O) groups is 2.